The maximum absolute atomic E-state index is 5.15. The van der Waals surface area contributed by atoms with E-state index in [0.29, 0.717) is 11.7 Å². The van der Waals surface area contributed by atoms with E-state index in [4.69, 9.17) is 4.52 Å². The molecule has 3 aromatic heterocycles. The van der Waals surface area contributed by atoms with Crippen molar-refractivity contribution in [1.29, 1.82) is 0 Å². The molecule has 6 heteroatoms. The molecule has 0 fully saturated rings. The lowest BCUT2D eigenvalue weighted by Crippen LogP contribution is -1.83. The molecule has 3 aromatic rings. The Morgan fingerprint density at radius 2 is 1.94 bits per heavy atom. The van der Waals surface area contributed by atoms with Crippen molar-refractivity contribution < 1.29 is 4.52 Å². The third-order valence-corrected chi connectivity index (χ3v) is 2.18. The Labute approximate surface area is 96.4 Å². The Kier molecular flexibility index (Phi) is 2.31. The normalized spacial score (nSPS) is 10.4. The van der Waals surface area contributed by atoms with Crippen LogP contribution in [0.15, 0.2) is 47.5 Å². The van der Waals surface area contributed by atoms with E-state index in [-0.39, 0.29) is 0 Å². The molecule has 0 unspecified atom stereocenters. The minimum absolute atomic E-state index is 0.416. The smallest absolute Gasteiger partial charge is 0.259 e. The molecule has 82 valence electrons. The fourth-order valence-corrected chi connectivity index (χ4v) is 1.37. The van der Waals surface area contributed by atoms with Crippen molar-refractivity contribution in [2.24, 2.45) is 0 Å². The van der Waals surface area contributed by atoms with Crippen molar-refractivity contribution in [3.63, 3.8) is 0 Å². The van der Waals surface area contributed by atoms with Gasteiger partial charge in [-0.25, -0.2) is 0 Å². The highest BCUT2D eigenvalue weighted by Gasteiger charge is 2.10. The number of hydrogen-bond donors (Lipinski definition) is 0. The first-order chi connectivity index (χ1) is 8.43. The molecule has 0 atom stereocenters. The van der Waals surface area contributed by atoms with Crippen molar-refractivity contribution in [3.05, 3.63) is 43.0 Å². The zero-order valence-corrected chi connectivity index (χ0v) is 8.69. The zero-order chi connectivity index (χ0) is 11.5. The summed E-state index contributed by atoms with van der Waals surface area (Å²) in [7, 11) is 0. The van der Waals surface area contributed by atoms with Gasteiger partial charge < -0.3 is 4.52 Å². The number of aromatic nitrogens is 5. The predicted octanol–water partition coefficient (Wildman–Crippen LogP) is 1.59. The fourth-order valence-electron chi connectivity index (χ4n) is 1.37. The number of nitrogens with zero attached hydrogens (tertiary/aromatic N) is 5. The predicted molar refractivity (Wildman–Crippen MR) is 58.6 cm³/mol. The highest BCUT2D eigenvalue weighted by atomic mass is 16.5. The second kappa shape index (κ2) is 4.09. The highest BCUT2D eigenvalue weighted by molar-refractivity contribution is 5.57. The first-order valence-electron chi connectivity index (χ1n) is 4.95. The average molecular weight is 225 g/mol. The molecule has 17 heavy (non-hydrogen) atoms. The molecule has 0 amide bonds. The van der Waals surface area contributed by atoms with Crippen LogP contribution in [0, 0.1) is 0 Å². The van der Waals surface area contributed by atoms with Crippen molar-refractivity contribution in [2.45, 2.75) is 0 Å². The van der Waals surface area contributed by atoms with E-state index in [2.05, 4.69) is 25.3 Å². The van der Waals surface area contributed by atoms with Crippen molar-refractivity contribution in [2.75, 3.05) is 0 Å². The van der Waals surface area contributed by atoms with Crippen molar-refractivity contribution in [3.8, 4) is 22.8 Å². The fraction of sp³-hybridized carbons (Fsp3) is 0. The van der Waals surface area contributed by atoms with Gasteiger partial charge in [-0.15, -0.1) is 0 Å². The quantitative estimate of drug-likeness (QED) is 0.659. The van der Waals surface area contributed by atoms with Gasteiger partial charge in [0.1, 0.15) is 0 Å². The Hall–Kier alpha value is -2.63. The van der Waals surface area contributed by atoms with E-state index < -0.39 is 0 Å². The Morgan fingerprint density at radius 1 is 0.941 bits per heavy atom. The van der Waals surface area contributed by atoms with Gasteiger partial charge in [0.2, 0.25) is 5.82 Å². The molecule has 3 rings (SSSR count). The van der Waals surface area contributed by atoms with Crippen LogP contribution in [0.2, 0.25) is 0 Å². The molecule has 0 spiro atoms. The maximum atomic E-state index is 5.15. The van der Waals surface area contributed by atoms with Gasteiger partial charge in [-0.05, 0) is 18.2 Å². The Balaban J connectivity index is 1.99. The first-order valence-corrected chi connectivity index (χ1v) is 4.95. The summed E-state index contributed by atoms with van der Waals surface area (Å²) in [6.45, 7) is 0. The Morgan fingerprint density at radius 3 is 2.71 bits per heavy atom. The van der Waals surface area contributed by atoms with Crippen LogP contribution < -0.4 is 0 Å². The molecule has 0 radical (unpaired) electrons. The van der Waals surface area contributed by atoms with Crippen molar-refractivity contribution in [1.82, 2.24) is 25.3 Å². The summed E-state index contributed by atoms with van der Waals surface area (Å²) in [5, 5.41) is 11.3. The number of pyridine rings is 1. The summed E-state index contributed by atoms with van der Waals surface area (Å²) in [4.78, 5) is 8.26. The third kappa shape index (κ3) is 1.87. The van der Waals surface area contributed by atoms with Gasteiger partial charge in [-0.3, -0.25) is 4.98 Å². The van der Waals surface area contributed by atoms with Gasteiger partial charge in [0.15, 0.2) is 0 Å². The molecule has 0 aliphatic carbocycles. The van der Waals surface area contributed by atoms with Gasteiger partial charge >= 0.3 is 0 Å². The molecule has 0 saturated carbocycles. The average Bonchev–Trinajstić information content (AvgIpc) is 2.90. The molecular formula is C11H7N5O. The van der Waals surface area contributed by atoms with Gasteiger partial charge in [0.05, 0.1) is 18.0 Å². The molecular weight excluding hydrogens is 218 g/mol. The standard InChI is InChI=1S/C11H7N5O/c1-2-8(6-12-4-1)10-15-11(17-16-10)9-3-5-13-14-7-9/h1-7H. The van der Waals surface area contributed by atoms with Crippen LogP contribution in [-0.4, -0.2) is 25.3 Å². The molecule has 0 aliphatic heterocycles. The zero-order valence-electron chi connectivity index (χ0n) is 8.69. The summed E-state index contributed by atoms with van der Waals surface area (Å²) >= 11 is 0. The largest absolute Gasteiger partial charge is 0.334 e. The third-order valence-electron chi connectivity index (χ3n) is 2.18. The molecule has 0 bridgehead atoms. The monoisotopic (exact) mass is 225 g/mol. The van der Waals surface area contributed by atoms with Crippen LogP contribution in [0.3, 0.4) is 0 Å². The molecule has 0 saturated heterocycles. The summed E-state index contributed by atoms with van der Waals surface area (Å²) in [6.07, 6.45) is 6.51. The van der Waals surface area contributed by atoms with E-state index in [0.717, 1.165) is 11.1 Å². The van der Waals surface area contributed by atoms with E-state index in [9.17, 15) is 0 Å². The van der Waals surface area contributed by atoms with E-state index >= 15 is 0 Å². The van der Waals surface area contributed by atoms with Gasteiger partial charge in [-0.2, -0.15) is 15.2 Å². The molecule has 0 aromatic carbocycles. The van der Waals surface area contributed by atoms with Crippen LogP contribution in [0.25, 0.3) is 22.8 Å². The second-order valence-electron chi connectivity index (χ2n) is 3.30. The summed E-state index contributed by atoms with van der Waals surface area (Å²) in [6, 6.07) is 5.44. The van der Waals surface area contributed by atoms with Crippen LogP contribution in [0.4, 0.5) is 0 Å². The SMILES string of the molecule is c1cncc(-c2noc(-c3ccnnc3)n2)c1. The van der Waals surface area contributed by atoms with Gasteiger partial charge in [-0.1, -0.05) is 5.16 Å². The van der Waals surface area contributed by atoms with Crippen LogP contribution in [0.5, 0.6) is 0 Å². The van der Waals surface area contributed by atoms with Crippen LogP contribution in [0.1, 0.15) is 0 Å². The van der Waals surface area contributed by atoms with E-state index in [1.165, 1.54) is 0 Å². The topological polar surface area (TPSA) is 77.6 Å². The summed E-state index contributed by atoms with van der Waals surface area (Å²) in [5.74, 6) is 0.920. The van der Waals surface area contributed by atoms with Gasteiger partial charge in [0, 0.05) is 18.0 Å². The lowest BCUT2D eigenvalue weighted by Gasteiger charge is -1.90. The highest BCUT2D eigenvalue weighted by Crippen LogP contribution is 2.19. The minimum atomic E-state index is 0.416. The van der Waals surface area contributed by atoms with Crippen LogP contribution >= 0.6 is 0 Å². The lowest BCUT2D eigenvalue weighted by molar-refractivity contribution is 0.432. The number of rotatable bonds is 2. The van der Waals surface area contributed by atoms with Gasteiger partial charge in [0.25, 0.3) is 5.89 Å². The molecule has 3 heterocycles. The summed E-state index contributed by atoms with van der Waals surface area (Å²) in [5.41, 5.74) is 1.55. The Bertz CT molecular complexity index is 554. The molecule has 0 N–H and O–H groups in total. The maximum Gasteiger partial charge on any atom is 0.259 e. The summed E-state index contributed by atoms with van der Waals surface area (Å²) < 4.78 is 5.15. The number of hydrogen-bond acceptors (Lipinski definition) is 6. The minimum Gasteiger partial charge on any atom is -0.334 e. The van der Waals surface area contributed by atoms with Crippen molar-refractivity contribution >= 4 is 0 Å². The molecule has 0 aliphatic rings. The lowest BCUT2D eigenvalue weighted by atomic mass is 10.3. The first kappa shape index (κ1) is 9.59. The van der Waals surface area contributed by atoms with Crippen LogP contribution in [-0.2, 0) is 0 Å². The second-order valence-corrected chi connectivity index (χ2v) is 3.30. The molecule has 6 nitrogen and oxygen atoms in total. The van der Waals surface area contributed by atoms with E-state index in [1.54, 1.807) is 30.9 Å². The van der Waals surface area contributed by atoms with E-state index in [1.807, 2.05) is 12.1 Å².